The quantitative estimate of drug-likeness (QED) is 0.576. The predicted molar refractivity (Wildman–Crippen MR) is 69.2 cm³/mol. The Balaban J connectivity index is 2.24. The van der Waals surface area contributed by atoms with Crippen LogP contribution < -0.4 is 4.84 Å². The van der Waals surface area contributed by atoms with E-state index in [0.29, 0.717) is 5.82 Å². The van der Waals surface area contributed by atoms with Crippen molar-refractivity contribution in [1.29, 1.82) is 0 Å². The maximum Gasteiger partial charge on any atom is 0.339 e. The van der Waals surface area contributed by atoms with Crippen LogP contribution >= 0.6 is 22.6 Å². The molecule has 0 saturated carbocycles. The topological polar surface area (TPSA) is 87.7 Å². The zero-order valence-electron chi connectivity index (χ0n) is 10.0. The molecule has 0 aliphatic rings. The number of aryl methyl sites for hydroxylation is 1. The Morgan fingerprint density at radius 3 is 2.78 bits per heavy atom. The molecule has 0 amide bonds. The summed E-state index contributed by atoms with van der Waals surface area (Å²) in [7, 11) is 1.78. The molecule has 96 valence electrons. The van der Waals surface area contributed by atoms with E-state index in [-0.39, 0.29) is 5.92 Å². The van der Waals surface area contributed by atoms with Gasteiger partial charge in [0.2, 0.25) is 5.82 Å². The van der Waals surface area contributed by atoms with Crippen molar-refractivity contribution in [1.82, 2.24) is 30.2 Å². The normalized spacial score (nSPS) is 10.9. The minimum absolute atomic E-state index is 0.253. The Bertz CT molecular complexity index is 556. The molecule has 18 heavy (non-hydrogen) atoms. The van der Waals surface area contributed by atoms with Gasteiger partial charge in [-0.2, -0.15) is 5.10 Å². The van der Waals surface area contributed by atoms with E-state index in [1.807, 2.05) is 0 Å². The summed E-state index contributed by atoms with van der Waals surface area (Å²) in [5.41, 5.74) is 0.724. The van der Waals surface area contributed by atoms with Gasteiger partial charge in [0.05, 0.1) is 15.7 Å². The molecule has 0 bridgehead atoms. The third kappa shape index (κ3) is 2.49. The molecule has 0 aromatic carbocycles. The van der Waals surface area contributed by atoms with Crippen LogP contribution in [0.2, 0.25) is 0 Å². The SMILES string of the molecule is CC(C)C(=O)On1nnc(-c2c(I)cnn2C)n1. The van der Waals surface area contributed by atoms with Crippen LogP contribution in [0.15, 0.2) is 6.20 Å². The Hall–Kier alpha value is -1.52. The summed E-state index contributed by atoms with van der Waals surface area (Å²) in [6.45, 7) is 3.45. The molecule has 2 rings (SSSR count). The van der Waals surface area contributed by atoms with E-state index in [9.17, 15) is 4.79 Å². The standard InChI is InChI=1S/C9H11IN6O2/c1-5(2)9(17)18-16-13-8(12-14-16)7-6(10)4-11-15(7)3/h4-5H,1-3H3. The van der Waals surface area contributed by atoms with Gasteiger partial charge in [-0.15, -0.1) is 5.10 Å². The summed E-state index contributed by atoms with van der Waals surface area (Å²) >= 11 is 2.12. The summed E-state index contributed by atoms with van der Waals surface area (Å²) in [4.78, 5) is 17.1. The smallest absolute Gasteiger partial charge is 0.300 e. The molecule has 9 heteroatoms. The molecule has 0 radical (unpaired) electrons. The summed E-state index contributed by atoms with van der Waals surface area (Å²) in [6.07, 6.45) is 1.69. The highest BCUT2D eigenvalue weighted by Gasteiger charge is 2.17. The average molecular weight is 362 g/mol. The third-order valence-electron chi connectivity index (χ3n) is 2.15. The number of hydrogen-bond donors (Lipinski definition) is 0. The first-order valence-electron chi connectivity index (χ1n) is 5.19. The Kier molecular flexibility index (Phi) is 3.59. The Morgan fingerprint density at radius 2 is 2.22 bits per heavy atom. The van der Waals surface area contributed by atoms with Crippen molar-refractivity contribution in [2.45, 2.75) is 13.8 Å². The number of rotatable bonds is 3. The molecule has 0 atom stereocenters. The first-order valence-corrected chi connectivity index (χ1v) is 6.27. The van der Waals surface area contributed by atoms with Crippen LogP contribution in [0.25, 0.3) is 11.5 Å². The fraction of sp³-hybridized carbons (Fsp3) is 0.444. The Morgan fingerprint density at radius 1 is 1.50 bits per heavy atom. The average Bonchev–Trinajstić information content (AvgIpc) is 2.86. The maximum atomic E-state index is 11.4. The molecule has 8 nitrogen and oxygen atoms in total. The molecule has 0 unspecified atom stereocenters. The van der Waals surface area contributed by atoms with E-state index in [2.05, 4.69) is 43.1 Å². The van der Waals surface area contributed by atoms with E-state index in [0.717, 1.165) is 14.2 Å². The van der Waals surface area contributed by atoms with Gasteiger partial charge < -0.3 is 4.84 Å². The zero-order valence-corrected chi connectivity index (χ0v) is 12.2. The van der Waals surface area contributed by atoms with E-state index in [1.54, 1.807) is 31.8 Å². The maximum absolute atomic E-state index is 11.4. The molecule has 2 aromatic heterocycles. The van der Waals surface area contributed by atoms with Gasteiger partial charge in [-0.05, 0) is 27.8 Å². The fourth-order valence-corrected chi connectivity index (χ4v) is 1.90. The first-order chi connectivity index (χ1) is 8.49. The molecule has 0 N–H and O–H groups in total. The van der Waals surface area contributed by atoms with Gasteiger partial charge in [-0.3, -0.25) is 4.68 Å². The number of nitrogens with zero attached hydrogens (tertiary/aromatic N) is 6. The predicted octanol–water partition coefficient (Wildman–Crippen LogP) is 0.289. The van der Waals surface area contributed by atoms with E-state index in [4.69, 9.17) is 4.84 Å². The van der Waals surface area contributed by atoms with Crippen LogP contribution in [0.1, 0.15) is 13.8 Å². The van der Waals surface area contributed by atoms with Gasteiger partial charge in [0.1, 0.15) is 5.69 Å². The van der Waals surface area contributed by atoms with Crippen molar-refractivity contribution in [3.8, 4) is 11.5 Å². The van der Waals surface area contributed by atoms with Crippen LogP contribution in [0.5, 0.6) is 0 Å². The highest BCUT2D eigenvalue weighted by Crippen LogP contribution is 2.19. The molecule has 0 fully saturated rings. The van der Waals surface area contributed by atoms with Crippen molar-refractivity contribution >= 4 is 28.6 Å². The van der Waals surface area contributed by atoms with E-state index >= 15 is 0 Å². The van der Waals surface area contributed by atoms with Crippen molar-refractivity contribution in [3.05, 3.63) is 9.77 Å². The van der Waals surface area contributed by atoms with Crippen molar-refractivity contribution in [2.75, 3.05) is 0 Å². The van der Waals surface area contributed by atoms with Crippen LogP contribution in [0.3, 0.4) is 0 Å². The van der Waals surface area contributed by atoms with Crippen molar-refractivity contribution < 1.29 is 9.63 Å². The number of hydrogen-bond acceptors (Lipinski definition) is 6. The molecule has 0 aliphatic heterocycles. The van der Waals surface area contributed by atoms with Crippen LogP contribution in [0.4, 0.5) is 0 Å². The summed E-state index contributed by atoms with van der Waals surface area (Å²) in [6, 6.07) is 0. The minimum Gasteiger partial charge on any atom is -0.300 e. The molecule has 2 heterocycles. The number of tetrazole rings is 1. The van der Waals surface area contributed by atoms with Crippen LogP contribution in [0, 0.1) is 9.49 Å². The number of carbonyl (C=O) groups is 1. The lowest BCUT2D eigenvalue weighted by atomic mass is 10.2. The molecule has 0 aliphatic carbocycles. The molecule has 2 aromatic rings. The number of carbonyl (C=O) groups excluding carboxylic acids is 1. The second kappa shape index (κ2) is 5.00. The summed E-state index contributed by atoms with van der Waals surface area (Å²) in [5, 5.41) is 15.6. The third-order valence-corrected chi connectivity index (χ3v) is 2.93. The molecular weight excluding hydrogens is 351 g/mol. The lowest BCUT2D eigenvalue weighted by Crippen LogP contribution is -2.26. The van der Waals surface area contributed by atoms with Gasteiger partial charge in [0.25, 0.3) is 0 Å². The van der Waals surface area contributed by atoms with Crippen molar-refractivity contribution in [2.24, 2.45) is 13.0 Å². The molecule has 0 spiro atoms. The molecule has 0 saturated heterocycles. The summed E-state index contributed by atoms with van der Waals surface area (Å²) in [5.74, 6) is -0.314. The molecular formula is C9H11IN6O2. The second-order valence-electron chi connectivity index (χ2n) is 3.90. The van der Waals surface area contributed by atoms with Gasteiger partial charge >= 0.3 is 5.97 Å². The van der Waals surface area contributed by atoms with Gasteiger partial charge in [-0.1, -0.05) is 18.9 Å². The second-order valence-corrected chi connectivity index (χ2v) is 5.06. The van der Waals surface area contributed by atoms with Gasteiger partial charge in [0, 0.05) is 12.0 Å². The lowest BCUT2D eigenvalue weighted by Gasteiger charge is -2.01. The van der Waals surface area contributed by atoms with Crippen molar-refractivity contribution in [3.63, 3.8) is 0 Å². The van der Waals surface area contributed by atoms with Crippen LogP contribution in [-0.2, 0) is 11.8 Å². The lowest BCUT2D eigenvalue weighted by molar-refractivity contribution is -0.151. The first kappa shape index (κ1) is 12.9. The van der Waals surface area contributed by atoms with Gasteiger partial charge in [-0.25, -0.2) is 4.79 Å². The Labute approximate surface area is 116 Å². The monoisotopic (exact) mass is 362 g/mol. The minimum atomic E-state index is -0.418. The number of aromatic nitrogens is 6. The van der Waals surface area contributed by atoms with Gasteiger partial charge in [0.15, 0.2) is 0 Å². The van der Waals surface area contributed by atoms with E-state index in [1.165, 1.54) is 0 Å². The highest BCUT2D eigenvalue weighted by molar-refractivity contribution is 14.1. The highest BCUT2D eigenvalue weighted by atomic mass is 127. The largest absolute Gasteiger partial charge is 0.339 e. The zero-order chi connectivity index (χ0) is 13.3. The fourth-order valence-electron chi connectivity index (χ4n) is 1.18. The summed E-state index contributed by atoms with van der Waals surface area (Å²) < 4.78 is 2.53. The van der Waals surface area contributed by atoms with E-state index < -0.39 is 5.97 Å². The number of halogens is 1. The van der Waals surface area contributed by atoms with Crippen LogP contribution in [-0.4, -0.2) is 36.1 Å².